The number of nitrogens with one attached hydrogen (secondary N) is 1. The third-order valence-corrected chi connectivity index (χ3v) is 5.89. The molecule has 4 aromatic rings. The summed E-state index contributed by atoms with van der Waals surface area (Å²) in [4.78, 5) is 30.2. The summed E-state index contributed by atoms with van der Waals surface area (Å²) >= 11 is 1.38. The fourth-order valence-electron chi connectivity index (χ4n) is 3.55. The van der Waals surface area contributed by atoms with Gasteiger partial charge in [-0.15, -0.1) is 11.3 Å². The number of anilines is 1. The van der Waals surface area contributed by atoms with Crippen molar-refractivity contribution in [3.63, 3.8) is 0 Å². The number of hydrogen-bond acceptors (Lipinski definition) is 10. The maximum Gasteiger partial charge on any atom is 0.264 e. The summed E-state index contributed by atoms with van der Waals surface area (Å²) in [6, 6.07) is 8.99. The van der Waals surface area contributed by atoms with Crippen molar-refractivity contribution in [1.82, 2.24) is 24.5 Å². The van der Waals surface area contributed by atoms with Crippen molar-refractivity contribution < 1.29 is 24.5 Å². The molecule has 5 rings (SSSR count). The third kappa shape index (κ3) is 4.41. The van der Waals surface area contributed by atoms with Crippen molar-refractivity contribution in [3.8, 4) is 16.5 Å². The normalized spacial score (nSPS) is 20.2. The summed E-state index contributed by atoms with van der Waals surface area (Å²) in [6.07, 6.45) is 1.37. The molecular formula is C21H20N6O5S. The van der Waals surface area contributed by atoms with E-state index < -0.39 is 24.3 Å². The summed E-state index contributed by atoms with van der Waals surface area (Å²) < 4.78 is 12.9. The van der Waals surface area contributed by atoms with Crippen LogP contribution in [0.15, 0.2) is 48.2 Å². The van der Waals surface area contributed by atoms with Gasteiger partial charge in [0.25, 0.3) is 5.91 Å². The van der Waals surface area contributed by atoms with Crippen LogP contribution in [0, 0.1) is 0 Å². The predicted molar refractivity (Wildman–Crippen MR) is 119 cm³/mol. The molecule has 0 radical (unpaired) electrons. The average Bonchev–Trinajstić information content (AvgIpc) is 3.57. The quantitative estimate of drug-likeness (QED) is 0.368. The lowest BCUT2D eigenvalue weighted by Crippen LogP contribution is -2.24. The maximum absolute atomic E-state index is 12.5. The Labute approximate surface area is 191 Å². The minimum Gasteiger partial charge on any atom is -0.484 e. The minimum atomic E-state index is -0.813. The van der Waals surface area contributed by atoms with Gasteiger partial charge in [0.05, 0.1) is 19.0 Å². The number of aliphatic hydroxyl groups is 2. The molecule has 11 nitrogen and oxygen atoms in total. The Kier molecular flexibility index (Phi) is 5.96. The zero-order chi connectivity index (χ0) is 22.8. The van der Waals surface area contributed by atoms with Crippen LogP contribution in [0.4, 0.5) is 5.95 Å². The molecular weight excluding hydrogens is 448 g/mol. The van der Waals surface area contributed by atoms with Gasteiger partial charge in [0.1, 0.15) is 34.3 Å². The molecule has 1 aliphatic rings. The predicted octanol–water partition coefficient (Wildman–Crippen LogP) is 1.61. The molecule has 1 saturated heterocycles. The van der Waals surface area contributed by atoms with Crippen molar-refractivity contribution >= 4 is 34.4 Å². The fraction of sp³-hybridized carbons (Fsp3) is 0.286. The lowest BCUT2D eigenvalue weighted by Gasteiger charge is -2.14. The smallest absolute Gasteiger partial charge is 0.264 e. The summed E-state index contributed by atoms with van der Waals surface area (Å²) in [5.74, 6) is 0.205. The van der Waals surface area contributed by atoms with E-state index in [0.717, 1.165) is 0 Å². The van der Waals surface area contributed by atoms with Gasteiger partial charge in [-0.3, -0.25) is 14.7 Å². The number of aliphatic hydroxyl groups excluding tert-OH is 2. The highest BCUT2D eigenvalue weighted by Gasteiger charge is 2.35. The topological polar surface area (TPSA) is 145 Å². The van der Waals surface area contributed by atoms with Gasteiger partial charge in [0.2, 0.25) is 5.95 Å². The molecule has 1 amide bonds. The number of ether oxygens (including phenoxy) is 2. The molecule has 4 heterocycles. The van der Waals surface area contributed by atoms with Crippen molar-refractivity contribution in [2.75, 3.05) is 18.5 Å². The number of para-hydroxylation sites is 1. The number of carbonyl (C=O) groups excluding carboxylic acids is 1. The Bertz CT molecular complexity index is 1250. The largest absolute Gasteiger partial charge is 0.484 e. The van der Waals surface area contributed by atoms with E-state index in [4.69, 9.17) is 9.47 Å². The summed E-state index contributed by atoms with van der Waals surface area (Å²) in [7, 11) is 0. The van der Waals surface area contributed by atoms with Crippen molar-refractivity contribution in [2.45, 2.75) is 24.9 Å². The van der Waals surface area contributed by atoms with Gasteiger partial charge in [-0.25, -0.2) is 15.0 Å². The summed E-state index contributed by atoms with van der Waals surface area (Å²) in [5, 5.41) is 24.6. The van der Waals surface area contributed by atoms with Gasteiger partial charge in [-0.05, 0) is 12.1 Å². The van der Waals surface area contributed by atoms with E-state index in [1.165, 1.54) is 17.7 Å². The fourth-order valence-corrected chi connectivity index (χ4v) is 4.18. The number of fused-ring (bicyclic) bond motifs is 1. The molecule has 1 aliphatic heterocycles. The molecule has 0 aliphatic carbocycles. The number of rotatable bonds is 7. The molecule has 0 spiro atoms. The molecule has 0 saturated carbocycles. The lowest BCUT2D eigenvalue weighted by molar-refractivity contribution is -0.118. The van der Waals surface area contributed by atoms with Gasteiger partial charge in [0, 0.05) is 18.0 Å². The van der Waals surface area contributed by atoms with Crippen LogP contribution in [-0.2, 0) is 9.53 Å². The SMILES string of the molecule is O=C(COc1ccccc1)Nc1nc(-c2nccs2)c2ncn([C@H]3C[C@H](O)[C@@H](CO)O3)c2n1. The van der Waals surface area contributed by atoms with Crippen molar-refractivity contribution in [3.05, 3.63) is 48.2 Å². The standard InChI is InChI=1S/C21H20N6O5S/c28-9-14-13(29)8-16(32-14)27-11-23-17-18(20-22-6-7-33-20)25-21(26-19(17)27)24-15(30)10-31-12-4-2-1-3-5-12/h1-7,11,13-14,16,28-29H,8-10H2,(H,24,25,26,30)/t13-,14+,16+/m0/s1. The molecule has 3 aromatic heterocycles. The second-order valence-corrected chi connectivity index (χ2v) is 8.22. The summed E-state index contributed by atoms with van der Waals surface area (Å²) in [6.45, 7) is -0.514. The molecule has 0 bridgehead atoms. The average molecular weight is 468 g/mol. The number of nitrogens with zero attached hydrogens (tertiary/aromatic N) is 5. The molecule has 3 atom stereocenters. The van der Waals surface area contributed by atoms with Crippen LogP contribution in [-0.4, -0.2) is 66.0 Å². The van der Waals surface area contributed by atoms with Crippen LogP contribution in [0.5, 0.6) is 5.75 Å². The van der Waals surface area contributed by atoms with E-state index >= 15 is 0 Å². The second-order valence-electron chi connectivity index (χ2n) is 7.32. The second kappa shape index (κ2) is 9.19. The van der Waals surface area contributed by atoms with E-state index in [9.17, 15) is 15.0 Å². The third-order valence-electron chi connectivity index (χ3n) is 5.12. The van der Waals surface area contributed by atoms with E-state index in [-0.39, 0.29) is 25.6 Å². The molecule has 12 heteroatoms. The van der Waals surface area contributed by atoms with Gasteiger partial charge < -0.3 is 19.7 Å². The summed E-state index contributed by atoms with van der Waals surface area (Å²) in [5.41, 5.74) is 1.35. The maximum atomic E-state index is 12.5. The first kappa shape index (κ1) is 21.4. The van der Waals surface area contributed by atoms with Crippen LogP contribution in [0.2, 0.25) is 0 Å². The first-order valence-corrected chi connectivity index (χ1v) is 11.1. The minimum absolute atomic E-state index is 0.0633. The van der Waals surface area contributed by atoms with E-state index in [1.807, 2.05) is 23.6 Å². The van der Waals surface area contributed by atoms with Crippen LogP contribution in [0.25, 0.3) is 21.9 Å². The highest BCUT2D eigenvalue weighted by atomic mass is 32.1. The van der Waals surface area contributed by atoms with Crippen molar-refractivity contribution in [2.24, 2.45) is 0 Å². The zero-order valence-electron chi connectivity index (χ0n) is 17.2. The number of thiazole rings is 1. The van der Waals surface area contributed by atoms with Crippen LogP contribution in [0.1, 0.15) is 12.6 Å². The van der Waals surface area contributed by atoms with Crippen LogP contribution < -0.4 is 10.1 Å². The highest BCUT2D eigenvalue weighted by Crippen LogP contribution is 2.33. The monoisotopic (exact) mass is 468 g/mol. The first-order chi connectivity index (χ1) is 16.1. The Morgan fingerprint density at radius 2 is 2.12 bits per heavy atom. The zero-order valence-corrected chi connectivity index (χ0v) is 18.1. The number of imidazole rings is 1. The molecule has 1 fully saturated rings. The van der Waals surface area contributed by atoms with E-state index in [1.54, 1.807) is 22.9 Å². The van der Waals surface area contributed by atoms with Gasteiger partial charge in [-0.1, -0.05) is 18.2 Å². The Morgan fingerprint density at radius 1 is 1.27 bits per heavy atom. The highest BCUT2D eigenvalue weighted by molar-refractivity contribution is 7.13. The van der Waals surface area contributed by atoms with E-state index in [0.29, 0.717) is 27.6 Å². The molecule has 3 N–H and O–H groups in total. The number of benzene rings is 1. The van der Waals surface area contributed by atoms with Gasteiger partial charge in [-0.2, -0.15) is 4.98 Å². The van der Waals surface area contributed by atoms with Crippen molar-refractivity contribution in [1.29, 1.82) is 0 Å². The molecule has 1 aromatic carbocycles. The number of amides is 1. The van der Waals surface area contributed by atoms with Gasteiger partial charge >= 0.3 is 0 Å². The van der Waals surface area contributed by atoms with E-state index in [2.05, 4.69) is 25.3 Å². The Hall–Kier alpha value is -3.45. The van der Waals surface area contributed by atoms with Crippen LogP contribution in [0.3, 0.4) is 0 Å². The molecule has 33 heavy (non-hydrogen) atoms. The Morgan fingerprint density at radius 3 is 2.85 bits per heavy atom. The van der Waals surface area contributed by atoms with Gasteiger partial charge in [0.15, 0.2) is 12.3 Å². The lowest BCUT2D eigenvalue weighted by atomic mass is 10.2. The molecule has 0 unspecified atom stereocenters. The Balaban J connectivity index is 1.45. The number of hydrogen-bond donors (Lipinski definition) is 3. The van der Waals surface area contributed by atoms with Crippen LogP contribution >= 0.6 is 11.3 Å². The number of carbonyl (C=O) groups is 1. The molecule has 170 valence electrons. The first-order valence-electron chi connectivity index (χ1n) is 10.2. The number of aromatic nitrogens is 5.